The standard InChI is InChI=1S/C39H33F4N3O6S/c1-5-50-35-22-32(24(4)28-9-7-8-25(37(28)42)12-17-36(47)51-6-2)44-46(35)34-20-26(13-16-30(34)40)52-39-31(41)21-33-29(38(39)43)18-19-45(33)53(48,49)27-14-10-23(3)11-15-27/h7-22,24H,5-6H2,1-4H3/b17-12+. The maximum absolute atomic E-state index is 15.8. The number of fused-ring (bicyclic) bond motifs is 1. The van der Waals surface area contributed by atoms with Crippen molar-refractivity contribution in [2.75, 3.05) is 13.2 Å². The highest BCUT2D eigenvalue weighted by Crippen LogP contribution is 2.37. The summed E-state index contributed by atoms with van der Waals surface area (Å²) in [5.41, 5.74) is 1.07. The molecule has 1 unspecified atom stereocenters. The lowest BCUT2D eigenvalue weighted by molar-refractivity contribution is -0.137. The van der Waals surface area contributed by atoms with Crippen LogP contribution in [0, 0.1) is 30.2 Å². The molecular formula is C39H33F4N3O6S. The molecule has 6 aromatic rings. The summed E-state index contributed by atoms with van der Waals surface area (Å²) in [5, 5.41) is 4.29. The van der Waals surface area contributed by atoms with Crippen molar-refractivity contribution in [1.82, 2.24) is 13.8 Å². The van der Waals surface area contributed by atoms with Gasteiger partial charge in [0.25, 0.3) is 10.0 Å². The zero-order valence-electron chi connectivity index (χ0n) is 28.9. The molecule has 0 N–H and O–H groups in total. The Morgan fingerprint density at radius 2 is 1.66 bits per heavy atom. The number of rotatable bonds is 12. The second-order valence-corrected chi connectivity index (χ2v) is 13.7. The molecule has 2 heterocycles. The van der Waals surface area contributed by atoms with Gasteiger partial charge in [-0.25, -0.2) is 34.7 Å². The first-order valence-corrected chi connectivity index (χ1v) is 17.9. The average Bonchev–Trinajstić information content (AvgIpc) is 3.76. The zero-order chi connectivity index (χ0) is 38.0. The molecule has 0 bridgehead atoms. The first-order valence-electron chi connectivity index (χ1n) is 16.5. The third-order valence-electron chi connectivity index (χ3n) is 8.39. The molecule has 9 nitrogen and oxygen atoms in total. The smallest absolute Gasteiger partial charge is 0.330 e. The highest BCUT2D eigenvalue weighted by Gasteiger charge is 2.26. The fraction of sp³-hybridized carbons (Fsp3) is 0.179. The van der Waals surface area contributed by atoms with E-state index in [9.17, 15) is 13.2 Å². The van der Waals surface area contributed by atoms with Gasteiger partial charge in [-0.1, -0.05) is 42.8 Å². The Morgan fingerprint density at radius 3 is 2.38 bits per heavy atom. The Kier molecular flexibility index (Phi) is 10.4. The molecule has 1 atom stereocenters. The number of halogens is 4. The van der Waals surface area contributed by atoms with Gasteiger partial charge in [0.15, 0.2) is 17.4 Å². The van der Waals surface area contributed by atoms with E-state index in [0.29, 0.717) is 5.69 Å². The summed E-state index contributed by atoms with van der Waals surface area (Å²) in [6.07, 6.45) is 3.55. The Hall–Kier alpha value is -5.89. The van der Waals surface area contributed by atoms with E-state index in [1.807, 2.05) is 0 Å². The summed E-state index contributed by atoms with van der Waals surface area (Å²) in [5.74, 6) is -5.97. The van der Waals surface area contributed by atoms with E-state index in [1.54, 1.807) is 52.0 Å². The van der Waals surface area contributed by atoms with Crippen molar-refractivity contribution >= 4 is 33.0 Å². The number of aromatic nitrogens is 3. The zero-order valence-corrected chi connectivity index (χ0v) is 29.8. The number of hydrogen-bond donors (Lipinski definition) is 0. The predicted molar refractivity (Wildman–Crippen MR) is 190 cm³/mol. The molecule has 0 aliphatic carbocycles. The summed E-state index contributed by atoms with van der Waals surface area (Å²) in [6.45, 7) is 7.18. The monoisotopic (exact) mass is 747 g/mol. The summed E-state index contributed by atoms with van der Waals surface area (Å²) >= 11 is 0. The van der Waals surface area contributed by atoms with Gasteiger partial charge in [-0.15, -0.1) is 0 Å². The lowest BCUT2D eigenvalue weighted by Crippen LogP contribution is -2.12. The number of ether oxygens (including phenoxy) is 3. The summed E-state index contributed by atoms with van der Waals surface area (Å²) in [4.78, 5) is 11.7. The molecule has 14 heteroatoms. The number of nitrogens with zero attached hydrogens (tertiary/aromatic N) is 3. The van der Waals surface area contributed by atoms with Gasteiger partial charge < -0.3 is 14.2 Å². The van der Waals surface area contributed by atoms with Crippen LogP contribution in [0.4, 0.5) is 17.6 Å². The Bertz CT molecular complexity index is 2480. The summed E-state index contributed by atoms with van der Waals surface area (Å²) in [6, 6.07) is 17.6. The van der Waals surface area contributed by atoms with Crippen molar-refractivity contribution in [3.63, 3.8) is 0 Å². The van der Waals surface area contributed by atoms with E-state index >= 15 is 17.6 Å². The minimum absolute atomic E-state index is 0.0648. The van der Waals surface area contributed by atoms with E-state index < -0.39 is 50.9 Å². The molecule has 53 heavy (non-hydrogen) atoms. The third-order valence-corrected chi connectivity index (χ3v) is 10.1. The lowest BCUT2D eigenvalue weighted by Gasteiger charge is -2.14. The summed E-state index contributed by atoms with van der Waals surface area (Å²) in [7, 11) is -4.19. The van der Waals surface area contributed by atoms with Crippen molar-refractivity contribution in [1.29, 1.82) is 0 Å². The topological polar surface area (TPSA) is 102 Å². The van der Waals surface area contributed by atoms with Crippen molar-refractivity contribution in [3.05, 3.63) is 137 Å². The maximum Gasteiger partial charge on any atom is 0.330 e. The Balaban J connectivity index is 1.33. The van der Waals surface area contributed by atoms with Gasteiger partial charge in [0.2, 0.25) is 5.88 Å². The van der Waals surface area contributed by atoms with Gasteiger partial charge in [0.1, 0.15) is 23.1 Å². The fourth-order valence-corrected chi connectivity index (χ4v) is 7.02. The largest absolute Gasteiger partial charge is 0.478 e. The molecule has 0 spiro atoms. The fourth-order valence-electron chi connectivity index (χ4n) is 5.68. The van der Waals surface area contributed by atoms with E-state index in [2.05, 4.69) is 5.10 Å². The number of hydrogen-bond acceptors (Lipinski definition) is 7. The molecule has 0 radical (unpaired) electrons. The second-order valence-electron chi connectivity index (χ2n) is 11.9. The van der Waals surface area contributed by atoms with E-state index in [4.69, 9.17) is 14.2 Å². The minimum atomic E-state index is -4.19. The SMILES string of the molecule is CCOC(=O)/C=C/c1cccc(C(C)c2cc(OCC)n(-c3cc(Oc4c(F)cc5c(ccn5S(=O)(=O)c5ccc(C)cc5)c4F)ccc3F)n2)c1F. The molecule has 2 aromatic heterocycles. The molecule has 0 saturated heterocycles. The third kappa shape index (κ3) is 7.27. The summed E-state index contributed by atoms with van der Waals surface area (Å²) < 4.78 is 107. The first kappa shape index (κ1) is 36.9. The second kappa shape index (κ2) is 15.0. The Labute approximate surface area is 302 Å². The molecule has 0 aliphatic rings. The average molecular weight is 748 g/mol. The molecule has 0 aliphatic heterocycles. The molecule has 274 valence electrons. The number of aryl methyl sites for hydroxylation is 1. The lowest BCUT2D eigenvalue weighted by atomic mass is 9.95. The van der Waals surface area contributed by atoms with Crippen LogP contribution in [-0.4, -0.2) is 41.4 Å². The van der Waals surface area contributed by atoms with Crippen LogP contribution in [0.25, 0.3) is 22.7 Å². The Morgan fingerprint density at radius 1 is 0.906 bits per heavy atom. The van der Waals surface area contributed by atoms with Gasteiger partial charge in [0, 0.05) is 47.3 Å². The van der Waals surface area contributed by atoms with Gasteiger partial charge in [-0.3, -0.25) is 0 Å². The van der Waals surface area contributed by atoms with Crippen LogP contribution in [-0.2, 0) is 19.6 Å². The van der Waals surface area contributed by atoms with E-state index in [1.165, 1.54) is 36.4 Å². The number of esters is 1. The van der Waals surface area contributed by atoms with E-state index in [0.717, 1.165) is 50.8 Å². The van der Waals surface area contributed by atoms with Crippen LogP contribution in [0.5, 0.6) is 17.4 Å². The highest BCUT2D eigenvalue weighted by molar-refractivity contribution is 7.90. The van der Waals surface area contributed by atoms with Crippen molar-refractivity contribution in [2.24, 2.45) is 0 Å². The number of benzene rings is 4. The normalized spacial score (nSPS) is 12.4. The quantitative estimate of drug-likeness (QED) is 0.0701. The predicted octanol–water partition coefficient (Wildman–Crippen LogP) is 8.85. The highest BCUT2D eigenvalue weighted by atomic mass is 32.2. The maximum atomic E-state index is 15.8. The molecule has 0 fully saturated rings. The van der Waals surface area contributed by atoms with E-state index in [-0.39, 0.29) is 57.5 Å². The number of carbonyl (C=O) groups is 1. The number of carbonyl (C=O) groups excluding carboxylic acids is 1. The van der Waals surface area contributed by atoms with Crippen LogP contribution in [0.2, 0.25) is 0 Å². The van der Waals surface area contributed by atoms with Crippen LogP contribution >= 0.6 is 0 Å². The van der Waals surface area contributed by atoms with Crippen molar-refractivity contribution in [3.8, 4) is 23.1 Å². The molecule has 4 aromatic carbocycles. The molecule has 6 rings (SSSR count). The van der Waals surface area contributed by atoms with Crippen LogP contribution in [0.3, 0.4) is 0 Å². The van der Waals surface area contributed by atoms with Crippen molar-refractivity contribution in [2.45, 2.75) is 38.5 Å². The van der Waals surface area contributed by atoms with Crippen LogP contribution < -0.4 is 9.47 Å². The van der Waals surface area contributed by atoms with Crippen LogP contribution in [0.15, 0.2) is 96.0 Å². The molecule has 0 amide bonds. The van der Waals surface area contributed by atoms with Crippen LogP contribution in [0.1, 0.15) is 49.1 Å². The van der Waals surface area contributed by atoms with Gasteiger partial charge in [0.05, 0.1) is 29.3 Å². The van der Waals surface area contributed by atoms with Gasteiger partial charge >= 0.3 is 5.97 Å². The van der Waals surface area contributed by atoms with Gasteiger partial charge in [-0.05, 0) is 62.7 Å². The molecular weight excluding hydrogens is 715 g/mol. The minimum Gasteiger partial charge on any atom is -0.478 e. The first-order chi connectivity index (χ1) is 25.3. The van der Waals surface area contributed by atoms with Gasteiger partial charge in [-0.2, -0.15) is 9.78 Å². The molecule has 0 saturated carbocycles. The van der Waals surface area contributed by atoms with Crippen molar-refractivity contribution < 1.29 is 45.0 Å².